The first kappa shape index (κ1) is 11.2. The fraction of sp³-hybridized carbons (Fsp3) is 0.750. The molecule has 0 N–H and O–H groups in total. The Morgan fingerprint density at radius 2 is 2.09 bits per heavy atom. The molecule has 0 aliphatic rings. The predicted octanol–water partition coefficient (Wildman–Crippen LogP) is 2.75. The average Bonchev–Trinajstić information content (AvgIpc) is 2.01. The monoisotopic (exact) mass is 191 g/mol. The van der Waals surface area contributed by atoms with Gasteiger partial charge < -0.3 is 4.57 Å². The lowest BCUT2D eigenvalue weighted by atomic mass is 10.4. The number of rotatable bonds is 4. The Morgan fingerprint density at radius 3 is 2.18 bits per heavy atom. The molecule has 66 valence electrons. The Morgan fingerprint density at radius 1 is 1.64 bits per heavy atom. The first-order valence-electron chi connectivity index (χ1n) is 3.99. The molecule has 3 heteroatoms. The summed E-state index contributed by atoms with van der Waals surface area (Å²) in [4.78, 5) is 0. The highest BCUT2D eigenvalue weighted by molar-refractivity contribution is 7.22. The van der Waals surface area contributed by atoms with Crippen molar-refractivity contribution >= 4 is 18.6 Å². The van der Waals surface area contributed by atoms with E-state index in [0.29, 0.717) is 5.54 Å². The van der Waals surface area contributed by atoms with Crippen molar-refractivity contribution in [2.45, 2.75) is 25.8 Å². The zero-order valence-electron chi connectivity index (χ0n) is 7.89. The molecule has 0 saturated heterocycles. The molecule has 0 aromatic rings. The second-order valence-corrected chi connectivity index (χ2v) is 8.70. The summed E-state index contributed by atoms with van der Waals surface area (Å²) >= 11 is 6.46. The molecule has 0 rings (SSSR count). The van der Waals surface area contributed by atoms with E-state index in [4.69, 9.17) is 11.1 Å². The van der Waals surface area contributed by atoms with Gasteiger partial charge in [0.05, 0.1) is 0 Å². The van der Waals surface area contributed by atoms with Gasteiger partial charge in [-0.25, -0.2) is 0 Å². The average molecular weight is 192 g/mol. The van der Waals surface area contributed by atoms with E-state index in [2.05, 4.69) is 25.0 Å². The van der Waals surface area contributed by atoms with Crippen LogP contribution in [-0.2, 0) is 0 Å². The van der Waals surface area contributed by atoms with Gasteiger partial charge in [0, 0.05) is 0 Å². The number of halogens is 1. The van der Waals surface area contributed by atoms with Crippen molar-refractivity contribution in [2.24, 2.45) is 0 Å². The second kappa shape index (κ2) is 4.29. The van der Waals surface area contributed by atoms with Gasteiger partial charge in [0.15, 0.2) is 0 Å². The summed E-state index contributed by atoms with van der Waals surface area (Å²) in [5.41, 5.74) is 2.51. The molecule has 0 saturated carbocycles. The molecule has 0 aliphatic heterocycles. The minimum absolute atomic E-state index is 0.566. The maximum Gasteiger partial charge on any atom is 0.255 e. The van der Waals surface area contributed by atoms with Crippen LogP contribution in [0.3, 0.4) is 0 Å². The topological polar surface area (TPSA) is 3.24 Å². The van der Waals surface area contributed by atoms with Crippen molar-refractivity contribution in [3.8, 4) is 0 Å². The van der Waals surface area contributed by atoms with E-state index in [1.807, 2.05) is 19.8 Å². The predicted molar refractivity (Wildman–Crippen MR) is 55.2 cm³/mol. The summed E-state index contributed by atoms with van der Waals surface area (Å²) in [5.74, 6) is 0. The molecule has 11 heavy (non-hydrogen) atoms. The molecule has 0 radical (unpaired) electrons. The molecule has 2 unspecified atom stereocenters. The zero-order chi connectivity index (χ0) is 9.07. The first-order valence-corrected chi connectivity index (χ1v) is 7.10. The van der Waals surface area contributed by atoms with Crippen LogP contribution in [-0.4, -0.2) is 26.2 Å². The molecular weight excluding hydrogens is 174 g/mol. The van der Waals surface area contributed by atoms with Gasteiger partial charge in [0.25, 0.3) is 7.55 Å². The van der Waals surface area contributed by atoms with Crippen molar-refractivity contribution in [2.75, 3.05) is 14.1 Å². The van der Waals surface area contributed by atoms with Crippen molar-refractivity contribution in [3.05, 3.63) is 12.3 Å². The van der Waals surface area contributed by atoms with E-state index in [9.17, 15) is 0 Å². The van der Waals surface area contributed by atoms with Crippen LogP contribution < -0.4 is 0 Å². The van der Waals surface area contributed by atoms with E-state index < -0.39 is 7.55 Å². The van der Waals surface area contributed by atoms with Crippen LogP contribution >= 0.6 is 11.1 Å². The van der Waals surface area contributed by atoms with Crippen LogP contribution in [0.15, 0.2) is 12.3 Å². The van der Waals surface area contributed by atoms with E-state index >= 15 is 0 Å². The van der Waals surface area contributed by atoms with Crippen LogP contribution in [0.1, 0.15) is 20.3 Å². The van der Waals surface area contributed by atoms with Gasteiger partial charge in [-0.05, 0) is 19.6 Å². The minimum Gasteiger partial charge on any atom is -0.314 e. The molecule has 0 fully saturated rings. The molecule has 0 bridgehead atoms. The third-order valence-electron chi connectivity index (χ3n) is 2.28. The molecule has 0 aromatic carbocycles. The van der Waals surface area contributed by atoms with Gasteiger partial charge in [-0.1, -0.05) is 26.0 Å². The maximum absolute atomic E-state index is 6.46. The highest BCUT2D eigenvalue weighted by Gasteiger charge is 2.35. The summed E-state index contributed by atoms with van der Waals surface area (Å²) < 4.78 is 2.13. The number of hydrogen-bond acceptors (Lipinski definition) is 1. The van der Waals surface area contributed by atoms with Crippen molar-refractivity contribution in [3.63, 3.8) is 0 Å². The normalized spacial score (nSPS) is 19.5. The van der Waals surface area contributed by atoms with Gasteiger partial charge >= 0.3 is 0 Å². The standard InChI is InChI=1S/C8H18ClNSi/c1-6-8(3)11(9,7-2)10(4)5/h7-8H,2,6H2,1,3-5H3. The zero-order valence-corrected chi connectivity index (χ0v) is 9.65. The summed E-state index contributed by atoms with van der Waals surface area (Å²) in [5, 5.41) is 0. The lowest BCUT2D eigenvalue weighted by molar-refractivity contribution is 0.610. The molecule has 0 amide bonds. The molecular formula is C8H18ClNSi. The third kappa shape index (κ3) is 2.32. The van der Waals surface area contributed by atoms with Gasteiger partial charge in [-0.15, -0.1) is 17.7 Å². The number of hydrogen-bond donors (Lipinski definition) is 0. The fourth-order valence-electron chi connectivity index (χ4n) is 1.11. The molecule has 1 nitrogen and oxygen atoms in total. The Labute approximate surface area is 75.8 Å². The van der Waals surface area contributed by atoms with Crippen LogP contribution in [0.2, 0.25) is 5.54 Å². The Kier molecular flexibility index (Phi) is 4.37. The highest BCUT2D eigenvalue weighted by Crippen LogP contribution is 2.30. The minimum atomic E-state index is -1.83. The van der Waals surface area contributed by atoms with Gasteiger partial charge in [0.2, 0.25) is 0 Å². The van der Waals surface area contributed by atoms with E-state index in [-0.39, 0.29) is 0 Å². The highest BCUT2D eigenvalue weighted by atomic mass is 35.6. The van der Waals surface area contributed by atoms with Crippen LogP contribution in [0.4, 0.5) is 0 Å². The third-order valence-corrected chi connectivity index (χ3v) is 8.60. The molecule has 2 atom stereocenters. The summed E-state index contributed by atoms with van der Waals surface area (Å²) in [6, 6.07) is 0. The lowest BCUT2D eigenvalue weighted by Gasteiger charge is -2.33. The number of nitrogens with zero attached hydrogens (tertiary/aromatic N) is 1. The Bertz CT molecular complexity index is 138. The van der Waals surface area contributed by atoms with Crippen molar-refractivity contribution < 1.29 is 0 Å². The van der Waals surface area contributed by atoms with Gasteiger partial charge in [-0.2, -0.15) is 0 Å². The quantitative estimate of drug-likeness (QED) is 0.488. The van der Waals surface area contributed by atoms with Crippen LogP contribution in [0.5, 0.6) is 0 Å². The Balaban J connectivity index is 4.44. The van der Waals surface area contributed by atoms with Crippen molar-refractivity contribution in [1.29, 1.82) is 0 Å². The van der Waals surface area contributed by atoms with Crippen LogP contribution in [0, 0.1) is 0 Å². The summed E-state index contributed by atoms with van der Waals surface area (Å²) in [6.07, 6.45) is 1.12. The van der Waals surface area contributed by atoms with Gasteiger partial charge in [-0.3, -0.25) is 0 Å². The van der Waals surface area contributed by atoms with E-state index in [1.54, 1.807) is 0 Å². The van der Waals surface area contributed by atoms with Crippen LogP contribution in [0.25, 0.3) is 0 Å². The first-order chi connectivity index (χ1) is 4.99. The second-order valence-electron chi connectivity index (χ2n) is 3.14. The van der Waals surface area contributed by atoms with E-state index in [1.165, 1.54) is 0 Å². The molecule has 0 heterocycles. The van der Waals surface area contributed by atoms with Gasteiger partial charge in [0.1, 0.15) is 0 Å². The van der Waals surface area contributed by atoms with Crippen molar-refractivity contribution in [1.82, 2.24) is 4.57 Å². The Hall–Kier alpha value is 0.207. The fourth-order valence-corrected chi connectivity index (χ4v) is 3.80. The van der Waals surface area contributed by atoms with E-state index in [0.717, 1.165) is 6.42 Å². The summed E-state index contributed by atoms with van der Waals surface area (Å²) in [6.45, 7) is 8.17. The summed E-state index contributed by atoms with van der Waals surface area (Å²) in [7, 11) is 2.23. The molecule has 0 aromatic heterocycles. The molecule has 0 spiro atoms. The largest absolute Gasteiger partial charge is 0.314 e. The maximum atomic E-state index is 6.46. The SMILES string of the molecule is C=C[Si](Cl)(C(C)CC)N(C)C. The smallest absolute Gasteiger partial charge is 0.255 e. The molecule has 0 aliphatic carbocycles. The lowest BCUT2D eigenvalue weighted by Crippen LogP contribution is -2.46.